The molecule has 0 atom stereocenters. The quantitative estimate of drug-likeness (QED) is 0.836. The number of rotatable bonds is 2. The molecule has 4 heteroatoms. The summed E-state index contributed by atoms with van der Waals surface area (Å²) in [6.45, 7) is 1.69. The molecular weight excluding hydrogens is 271 g/mol. The van der Waals surface area contributed by atoms with Crippen LogP contribution in [0.1, 0.15) is 21.5 Å². The van der Waals surface area contributed by atoms with Crippen LogP contribution in [0.5, 0.6) is 5.75 Å². The number of benzene rings is 2. The van der Waals surface area contributed by atoms with E-state index < -0.39 is 0 Å². The Morgan fingerprint density at radius 1 is 1.06 bits per heavy atom. The van der Waals surface area contributed by atoms with Crippen LogP contribution in [0.2, 0.25) is 10.0 Å². The summed E-state index contributed by atoms with van der Waals surface area (Å²) in [5, 5.41) is 10.9. The van der Waals surface area contributed by atoms with Crippen molar-refractivity contribution in [3.05, 3.63) is 63.1 Å². The maximum Gasteiger partial charge on any atom is 0.196 e. The highest BCUT2D eigenvalue weighted by Crippen LogP contribution is 2.28. The molecule has 2 nitrogen and oxygen atoms in total. The normalized spacial score (nSPS) is 10.4. The highest BCUT2D eigenvalue weighted by Gasteiger charge is 2.16. The Kier molecular flexibility index (Phi) is 3.60. The second kappa shape index (κ2) is 5.01. The molecule has 2 rings (SSSR count). The molecule has 2 aromatic rings. The predicted octanol–water partition coefficient (Wildman–Crippen LogP) is 4.24. The molecule has 0 saturated heterocycles. The molecule has 0 spiro atoms. The van der Waals surface area contributed by atoms with Gasteiger partial charge in [0.15, 0.2) is 5.78 Å². The van der Waals surface area contributed by atoms with Crippen molar-refractivity contribution in [1.29, 1.82) is 0 Å². The molecule has 0 aliphatic heterocycles. The lowest BCUT2D eigenvalue weighted by atomic mass is 10.0. The minimum Gasteiger partial charge on any atom is -0.507 e. The van der Waals surface area contributed by atoms with Gasteiger partial charge >= 0.3 is 0 Å². The van der Waals surface area contributed by atoms with E-state index in [1.54, 1.807) is 37.3 Å². The average Bonchev–Trinajstić information content (AvgIpc) is 2.34. The number of carbonyl (C=O) groups excluding carboxylic acids is 1. The molecule has 1 N–H and O–H groups in total. The second-order valence-corrected chi connectivity index (χ2v) is 4.83. The number of phenols is 1. The molecule has 0 unspecified atom stereocenters. The van der Waals surface area contributed by atoms with Gasteiger partial charge in [-0.25, -0.2) is 0 Å². The van der Waals surface area contributed by atoms with Crippen LogP contribution in [0.25, 0.3) is 0 Å². The number of hydrogen-bond acceptors (Lipinski definition) is 2. The summed E-state index contributed by atoms with van der Waals surface area (Å²) in [6.07, 6.45) is 0. The number of aryl methyl sites for hydroxylation is 1. The first kappa shape index (κ1) is 12.9. The van der Waals surface area contributed by atoms with Crippen molar-refractivity contribution in [2.45, 2.75) is 6.92 Å². The highest BCUT2D eigenvalue weighted by molar-refractivity contribution is 6.31. The van der Waals surface area contributed by atoms with E-state index in [4.69, 9.17) is 23.2 Å². The summed E-state index contributed by atoms with van der Waals surface area (Å²) in [4.78, 5) is 12.2. The molecular formula is C14H10Cl2O2. The number of phenolic OH excluding ortho intramolecular Hbond substituents is 1. The molecule has 0 aliphatic rings. The van der Waals surface area contributed by atoms with Crippen molar-refractivity contribution in [3.63, 3.8) is 0 Å². The smallest absolute Gasteiger partial charge is 0.196 e. The fourth-order valence-corrected chi connectivity index (χ4v) is 2.06. The Bertz CT molecular complexity index is 604. The van der Waals surface area contributed by atoms with Gasteiger partial charge in [-0.2, -0.15) is 0 Å². The van der Waals surface area contributed by atoms with E-state index in [9.17, 15) is 9.90 Å². The van der Waals surface area contributed by atoms with Gasteiger partial charge in [-0.15, -0.1) is 0 Å². The zero-order chi connectivity index (χ0) is 13.3. The van der Waals surface area contributed by atoms with Crippen molar-refractivity contribution >= 4 is 29.0 Å². The minimum absolute atomic E-state index is 0.0423. The Morgan fingerprint density at radius 3 is 2.28 bits per heavy atom. The number of hydrogen-bond donors (Lipinski definition) is 1. The van der Waals surface area contributed by atoms with Crippen LogP contribution >= 0.6 is 23.2 Å². The van der Waals surface area contributed by atoms with Crippen LogP contribution in [-0.2, 0) is 0 Å². The summed E-state index contributed by atoms with van der Waals surface area (Å²) in [7, 11) is 0. The summed E-state index contributed by atoms with van der Waals surface area (Å²) >= 11 is 11.7. The predicted molar refractivity (Wildman–Crippen MR) is 72.7 cm³/mol. The maximum absolute atomic E-state index is 12.2. The van der Waals surface area contributed by atoms with Gasteiger partial charge < -0.3 is 5.11 Å². The van der Waals surface area contributed by atoms with Crippen LogP contribution < -0.4 is 0 Å². The fraction of sp³-hybridized carbons (Fsp3) is 0.0714. The number of halogens is 2. The number of ketones is 1. The maximum atomic E-state index is 12.2. The minimum atomic E-state index is -0.283. The Morgan fingerprint density at radius 2 is 1.67 bits per heavy atom. The topological polar surface area (TPSA) is 37.3 Å². The van der Waals surface area contributed by atoms with Gasteiger partial charge in [0.1, 0.15) is 5.75 Å². The van der Waals surface area contributed by atoms with Crippen molar-refractivity contribution in [2.24, 2.45) is 0 Å². The lowest BCUT2D eigenvalue weighted by Crippen LogP contribution is -2.02. The van der Waals surface area contributed by atoms with Gasteiger partial charge in [-0.3, -0.25) is 4.79 Å². The Balaban J connectivity index is 2.49. The summed E-state index contributed by atoms with van der Waals surface area (Å²) < 4.78 is 0. The highest BCUT2D eigenvalue weighted by atomic mass is 35.5. The first-order valence-corrected chi connectivity index (χ1v) is 6.04. The van der Waals surface area contributed by atoms with E-state index in [1.165, 1.54) is 6.07 Å². The van der Waals surface area contributed by atoms with E-state index >= 15 is 0 Å². The fourth-order valence-electron chi connectivity index (χ4n) is 1.67. The lowest BCUT2D eigenvalue weighted by Gasteiger charge is -2.07. The molecule has 0 radical (unpaired) electrons. The molecule has 2 aromatic carbocycles. The molecule has 0 fully saturated rings. The molecule has 0 saturated carbocycles. The molecule has 0 aliphatic carbocycles. The van der Waals surface area contributed by atoms with Crippen molar-refractivity contribution in [2.75, 3.05) is 0 Å². The van der Waals surface area contributed by atoms with Gasteiger partial charge in [0.05, 0.1) is 5.56 Å². The average molecular weight is 281 g/mol. The largest absolute Gasteiger partial charge is 0.507 e. The van der Waals surface area contributed by atoms with E-state index in [1.807, 2.05) is 0 Å². The molecule has 0 heterocycles. The molecule has 0 bridgehead atoms. The standard InChI is InChI=1S/C14H10Cl2O2/c1-8-6-11(16)7-12(13(8)17)14(18)9-2-4-10(15)5-3-9/h2-7,17H,1H3. The summed E-state index contributed by atoms with van der Waals surface area (Å²) in [5.41, 5.74) is 1.22. The molecule has 18 heavy (non-hydrogen) atoms. The third kappa shape index (κ3) is 2.50. The zero-order valence-electron chi connectivity index (χ0n) is 9.58. The Labute approximate surface area is 115 Å². The van der Waals surface area contributed by atoms with Crippen LogP contribution in [0.4, 0.5) is 0 Å². The van der Waals surface area contributed by atoms with Gasteiger partial charge in [0.25, 0.3) is 0 Å². The monoisotopic (exact) mass is 280 g/mol. The van der Waals surface area contributed by atoms with E-state index in [2.05, 4.69) is 0 Å². The van der Waals surface area contributed by atoms with Crippen molar-refractivity contribution in [1.82, 2.24) is 0 Å². The Hall–Kier alpha value is -1.51. The molecule has 92 valence electrons. The SMILES string of the molecule is Cc1cc(Cl)cc(C(=O)c2ccc(Cl)cc2)c1O. The molecule has 0 amide bonds. The van der Waals surface area contributed by atoms with Gasteiger partial charge in [-0.05, 0) is 48.9 Å². The van der Waals surface area contributed by atoms with Crippen LogP contribution in [-0.4, -0.2) is 10.9 Å². The first-order valence-electron chi connectivity index (χ1n) is 5.28. The van der Waals surface area contributed by atoms with Gasteiger partial charge in [0.2, 0.25) is 0 Å². The molecule has 0 aromatic heterocycles. The van der Waals surface area contributed by atoms with Gasteiger partial charge in [-0.1, -0.05) is 23.2 Å². The number of carbonyl (C=O) groups is 1. The third-order valence-corrected chi connectivity index (χ3v) is 3.09. The van der Waals surface area contributed by atoms with Gasteiger partial charge in [0, 0.05) is 15.6 Å². The zero-order valence-corrected chi connectivity index (χ0v) is 11.1. The third-order valence-electron chi connectivity index (χ3n) is 2.62. The van der Waals surface area contributed by atoms with Crippen LogP contribution in [0, 0.1) is 6.92 Å². The summed E-state index contributed by atoms with van der Waals surface area (Å²) in [6, 6.07) is 9.55. The lowest BCUT2D eigenvalue weighted by molar-refractivity contribution is 0.103. The van der Waals surface area contributed by atoms with E-state index in [-0.39, 0.29) is 17.1 Å². The van der Waals surface area contributed by atoms with E-state index in [0.717, 1.165) is 0 Å². The van der Waals surface area contributed by atoms with E-state index in [0.29, 0.717) is 21.2 Å². The van der Waals surface area contributed by atoms with Crippen LogP contribution in [0.3, 0.4) is 0 Å². The second-order valence-electron chi connectivity index (χ2n) is 3.95. The van der Waals surface area contributed by atoms with Crippen LogP contribution in [0.15, 0.2) is 36.4 Å². The summed E-state index contributed by atoms with van der Waals surface area (Å²) in [5.74, 6) is -0.325. The number of aromatic hydroxyl groups is 1. The first-order chi connectivity index (χ1) is 8.49. The van der Waals surface area contributed by atoms with Crippen molar-refractivity contribution < 1.29 is 9.90 Å². The van der Waals surface area contributed by atoms with Crippen molar-refractivity contribution in [3.8, 4) is 5.75 Å².